The Hall–Kier alpha value is -2.83. The largest absolute Gasteiger partial charge is 1.00 e. The van der Waals surface area contributed by atoms with Crippen LogP contribution in [-0.4, -0.2) is 3.21 Å². The standard InChI is InChI=1S/C23H21.C15H14.C7H9.2ClH.Zr/c1-22(2)7-5-14-10-18-16(12-20(14)22)9-17-13-21-15(11-19(17)18)6-8-23(21,3)4;1-3-8-14(9-4-1)12-7-13-15-10-5-2-6-11-15;1-6-3-4-7(2)5-6;;;/h5-7,10-13H,9H2,1-4H3;1-6,8-11H,12-13H2;3,5,7H,1-2H3;2*1H;/q;;;;;+2/p-2. The molecule has 1 unspecified atom stereocenters. The Balaban J connectivity index is 0.00000201. The molecular weight excluding hydrogens is 703 g/mol. The van der Waals surface area contributed by atoms with Gasteiger partial charge in [0.05, 0.1) is 0 Å². The van der Waals surface area contributed by atoms with Crippen molar-refractivity contribution in [2.75, 3.05) is 0 Å². The fourth-order valence-electron chi connectivity index (χ4n) is 8.61. The van der Waals surface area contributed by atoms with Crippen LogP contribution in [0.15, 0.2) is 115 Å². The van der Waals surface area contributed by atoms with Gasteiger partial charge in [-0.3, -0.25) is 0 Å². The van der Waals surface area contributed by atoms with Crippen LogP contribution in [0.25, 0.3) is 23.3 Å². The summed E-state index contributed by atoms with van der Waals surface area (Å²) in [5.74, 6) is 0.507. The van der Waals surface area contributed by atoms with Gasteiger partial charge in [0.2, 0.25) is 0 Å². The number of benzene rings is 4. The van der Waals surface area contributed by atoms with Crippen molar-refractivity contribution >= 4 is 15.4 Å². The van der Waals surface area contributed by atoms with E-state index in [0.29, 0.717) is 5.92 Å². The van der Waals surface area contributed by atoms with E-state index >= 15 is 0 Å². The molecule has 3 heteroatoms. The third kappa shape index (κ3) is 6.00. The van der Waals surface area contributed by atoms with Crippen molar-refractivity contribution in [3.05, 3.63) is 160 Å². The van der Waals surface area contributed by atoms with E-state index in [9.17, 15) is 0 Å². The summed E-state index contributed by atoms with van der Waals surface area (Å²) in [4.78, 5) is 0. The number of rotatable bonds is 6. The van der Waals surface area contributed by atoms with Gasteiger partial charge in [-0.2, -0.15) is 0 Å². The number of allylic oxidation sites excluding steroid dienone is 6. The maximum atomic E-state index is 2.68. The minimum absolute atomic E-state index is 0. The molecule has 0 aromatic heterocycles. The third-order valence-corrected chi connectivity index (χ3v) is 19.8. The van der Waals surface area contributed by atoms with Crippen LogP contribution in [0.5, 0.6) is 0 Å². The van der Waals surface area contributed by atoms with E-state index in [-0.39, 0.29) is 35.6 Å². The van der Waals surface area contributed by atoms with Crippen molar-refractivity contribution in [2.45, 2.75) is 71.6 Å². The second-order valence-electron chi connectivity index (χ2n) is 15.2. The number of hydrogen-bond acceptors (Lipinski definition) is 0. The molecule has 0 nitrogen and oxygen atoms in total. The van der Waals surface area contributed by atoms with Crippen LogP contribution in [0.1, 0.15) is 86.1 Å². The number of hydrogen-bond donors (Lipinski definition) is 0. The Morgan fingerprint density at radius 1 is 0.729 bits per heavy atom. The first-order valence-electron chi connectivity index (χ1n) is 17.1. The summed E-state index contributed by atoms with van der Waals surface area (Å²) in [5, 5.41) is 0. The van der Waals surface area contributed by atoms with E-state index in [1.54, 1.807) is 9.77 Å². The van der Waals surface area contributed by atoms with Crippen molar-refractivity contribution in [1.82, 2.24) is 0 Å². The van der Waals surface area contributed by atoms with Crippen LogP contribution < -0.4 is 24.8 Å². The fraction of sp³-hybridized carbons (Fsp3) is 0.267. The number of halogens is 2. The molecule has 0 N–H and O–H groups in total. The van der Waals surface area contributed by atoms with E-state index in [1.165, 1.54) is 61.2 Å². The molecular formula is C45H44Cl2Zr. The molecule has 4 aliphatic carbocycles. The summed E-state index contributed by atoms with van der Waals surface area (Å²) in [5.41, 5.74) is 16.2. The molecule has 1 atom stereocenters. The van der Waals surface area contributed by atoms with E-state index in [1.807, 2.05) is 0 Å². The molecule has 242 valence electrons. The number of fused-ring (bicyclic) bond motifs is 5. The Morgan fingerprint density at radius 2 is 1.29 bits per heavy atom. The Morgan fingerprint density at radius 3 is 1.85 bits per heavy atom. The fourth-order valence-corrected chi connectivity index (χ4v) is 18.0. The van der Waals surface area contributed by atoms with Gasteiger partial charge in [0.25, 0.3) is 0 Å². The molecule has 0 spiro atoms. The second-order valence-corrected chi connectivity index (χ2v) is 21.5. The van der Waals surface area contributed by atoms with Gasteiger partial charge in [0.1, 0.15) is 0 Å². The first-order chi connectivity index (χ1) is 22.1. The predicted molar refractivity (Wildman–Crippen MR) is 194 cm³/mol. The maximum Gasteiger partial charge on any atom is -1.00 e. The molecule has 0 saturated carbocycles. The summed E-state index contributed by atoms with van der Waals surface area (Å²) in [7, 11) is 0. The molecule has 0 aliphatic heterocycles. The first-order valence-corrected chi connectivity index (χ1v) is 20.7. The Kier molecular flexibility index (Phi) is 9.58. The van der Waals surface area contributed by atoms with E-state index < -0.39 is 21.3 Å². The minimum Gasteiger partial charge on any atom is -1.00 e. The van der Waals surface area contributed by atoms with Gasteiger partial charge in [-0.1, -0.05) is 0 Å². The molecule has 0 amide bonds. The summed E-state index contributed by atoms with van der Waals surface area (Å²) >= 11 is -2.58. The van der Waals surface area contributed by atoms with Gasteiger partial charge < -0.3 is 24.8 Å². The molecule has 0 fully saturated rings. The summed E-state index contributed by atoms with van der Waals surface area (Å²) in [6.07, 6.45) is 15.7. The SMILES string of the molecule is CC1=CC(C)[C]([Zr+2]([C]2=Cc3cc4c(cc3C2(C)C)Cc2cc3c(cc2-4)C=CC3(C)C)=[C](Cc2ccccc2)Cc2ccccc2)=C1.[Cl-].[Cl-]. The van der Waals surface area contributed by atoms with Crippen molar-refractivity contribution in [1.29, 1.82) is 0 Å². The van der Waals surface area contributed by atoms with Gasteiger partial charge in [0.15, 0.2) is 0 Å². The van der Waals surface area contributed by atoms with Gasteiger partial charge in [-0.05, 0) is 0 Å². The van der Waals surface area contributed by atoms with Crippen molar-refractivity contribution < 1.29 is 46.1 Å². The zero-order valence-electron chi connectivity index (χ0n) is 28.9. The minimum atomic E-state index is -2.58. The molecule has 4 aromatic rings. The Bertz CT molecular complexity index is 2030. The average Bonchev–Trinajstić information content (AvgIpc) is 3.72. The van der Waals surface area contributed by atoms with Crippen LogP contribution in [0.2, 0.25) is 0 Å². The molecule has 48 heavy (non-hydrogen) atoms. The molecule has 0 saturated heterocycles. The van der Waals surface area contributed by atoms with Crippen LogP contribution in [0.4, 0.5) is 0 Å². The van der Waals surface area contributed by atoms with E-state index in [0.717, 1.165) is 19.3 Å². The van der Waals surface area contributed by atoms with Gasteiger partial charge >= 0.3 is 285 Å². The van der Waals surface area contributed by atoms with E-state index in [2.05, 4.69) is 157 Å². The molecule has 0 bridgehead atoms. The van der Waals surface area contributed by atoms with Gasteiger partial charge in [-0.15, -0.1) is 0 Å². The first kappa shape index (κ1) is 35.0. The quantitative estimate of drug-likeness (QED) is 0.231. The summed E-state index contributed by atoms with van der Waals surface area (Å²) in [6.45, 7) is 14.5. The molecule has 0 radical (unpaired) electrons. The smallest absolute Gasteiger partial charge is 1.00 e. The van der Waals surface area contributed by atoms with E-state index in [4.69, 9.17) is 0 Å². The topological polar surface area (TPSA) is 0 Å². The van der Waals surface area contributed by atoms with Crippen LogP contribution in [0.3, 0.4) is 0 Å². The Labute approximate surface area is 307 Å². The summed E-state index contributed by atoms with van der Waals surface area (Å²) < 4.78 is 5.28. The zero-order valence-corrected chi connectivity index (χ0v) is 32.9. The van der Waals surface area contributed by atoms with Gasteiger partial charge in [-0.25, -0.2) is 0 Å². The van der Waals surface area contributed by atoms with Gasteiger partial charge in [0, 0.05) is 0 Å². The normalized spacial score (nSPS) is 18.2. The molecule has 4 aliphatic rings. The third-order valence-electron chi connectivity index (χ3n) is 11.1. The van der Waals surface area contributed by atoms with Crippen LogP contribution in [-0.2, 0) is 51.4 Å². The monoisotopic (exact) mass is 744 g/mol. The van der Waals surface area contributed by atoms with Crippen LogP contribution in [0, 0.1) is 5.92 Å². The molecule has 0 heterocycles. The zero-order chi connectivity index (χ0) is 31.8. The second kappa shape index (κ2) is 13.1. The maximum absolute atomic E-state index is 2.68. The van der Waals surface area contributed by atoms with Crippen molar-refractivity contribution in [2.24, 2.45) is 5.92 Å². The average molecular weight is 747 g/mol. The van der Waals surface area contributed by atoms with Crippen LogP contribution >= 0.6 is 0 Å². The molecule has 8 rings (SSSR count). The summed E-state index contributed by atoms with van der Waals surface area (Å²) in [6, 6.07) is 32.6. The van der Waals surface area contributed by atoms with Crippen molar-refractivity contribution in [3.63, 3.8) is 0 Å². The predicted octanol–water partition coefficient (Wildman–Crippen LogP) is 4.96. The van der Waals surface area contributed by atoms with Crippen molar-refractivity contribution in [3.8, 4) is 11.1 Å². The molecule has 4 aromatic carbocycles.